The molecule has 0 radical (unpaired) electrons. The van der Waals surface area contributed by atoms with E-state index < -0.39 is 0 Å². The molecule has 0 heterocycles. The monoisotopic (exact) mass is 247 g/mol. The van der Waals surface area contributed by atoms with Gasteiger partial charge in [-0.2, -0.15) is 0 Å². The average molecular weight is 247 g/mol. The van der Waals surface area contributed by atoms with Gasteiger partial charge in [-0.15, -0.1) is 0 Å². The Bertz CT molecular complexity index is 444. The van der Waals surface area contributed by atoms with Crippen LogP contribution in [-0.4, -0.2) is 29.5 Å². The largest absolute Gasteiger partial charge is 0.409 e. The van der Waals surface area contributed by atoms with Gasteiger partial charge < -0.3 is 15.8 Å². The predicted molar refractivity (Wildman–Crippen MR) is 72.6 cm³/mol. The molecule has 4 heteroatoms. The number of benzene rings is 1. The third-order valence-electron chi connectivity index (χ3n) is 3.66. The van der Waals surface area contributed by atoms with Crippen LogP contribution in [0, 0.1) is 11.8 Å². The van der Waals surface area contributed by atoms with E-state index in [-0.39, 0.29) is 5.84 Å². The first kappa shape index (κ1) is 12.9. The van der Waals surface area contributed by atoms with Gasteiger partial charge in [-0.05, 0) is 30.9 Å². The fourth-order valence-electron chi connectivity index (χ4n) is 2.37. The summed E-state index contributed by atoms with van der Waals surface area (Å²) in [4.78, 5) is 2.30. The van der Waals surface area contributed by atoms with Gasteiger partial charge in [0, 0.05) is 18.7 Å². The van der Waals surface area contributed by atoms with Crippen LogP contribution in [0.3, 0.4) is 0 Å². The second-order valence-corrected chi connectivity index (χ2v) is 5.31. The van der Waals surface area contributed by atoms with Crippen molar-refractivity contribution in [1.29, 1.82) is 0 Å². The van der Waals surface area contributed by atoms with Gasteiger partial charge >= 0.3 is 0 Å². The lowest BCUT2D eigenvalue weighted by Crippen LogP contribution is -2.24. The van der Waals surface area contributed by atoms with Crippen molar-refractivity contribution in [3.63, 3.8) is 0 Å². The van der Waals surface area contributed by atoms with Gasteiger partial charge in [0.1, 0.15) is 0 Å². The molecule has 1 saturated carbocycles. The van der Waals surface area contributed by atoms with Gasteiger partial charge in [0.2, 0.25) is 0 Å². The molecular weight excluding hydrogens is 226 g/mol. The van der Waals surface area contributed by atoms with Crippen molar-refractivity contribution in [1.82, 2.24) is 4.90 Å². The molecule has 98 valence electrons. The molecule has 0 saturated heterocycles. The number of oxime groups is 1. The highest BCUT2D eigenvalue weighted by atomic mass is 16.4. The minimum atomic E-state index is 0.179. The van der Waals surface area contributed by atoms with E-state index >= 15 is 0 Å². The van der Waals surface area contributed by atoms with Crippen molar-refractivity contribution >= 4 is 5.84 Å². The molecular formula is C14H21N3O. The SMILES string of the molecule is CC1CC1CN(C)Cc1ccccc1C(N)=NO. The van der Waals surface area contributed by atoms with E-state index in [4.69, 9.17) is 10.9 Å². The molecule has 3 N–H and O–H groups in total. The maximum absolute atomic E-state index is 8.79. The van der Waals surface area contributed by atoms with E-state index in [2.05, 4.69) is 24.0 Å². The number of rotatable bonds is 5. The Morgan fingerprint density at radius 3 is 2.78 bits per heavy atom. The third-order valence-corrected chi connectivity index (χ3v) is 3.66. The minimum absolute atomic E-state index is 0.179. The normalized spacial score (nSPS) is 23.4. The van der Waals surface area contributed by atoms with Crippen LogP contribution in [0.15, 0.2) is 29.4 Å². The standard InChI is InChI=1S/C14H21N3O/c1-10-7-12(10)9-17(2)8-11-5-3-4-6-13(11)14(15)16-18/h3-6,10,12,18H,7-9H2,1-2H3,(H2,15,16). The molecule has 1 fully saturated rings. The second-order valence-electron chi connectivity index (χ2n) is 5.31. The summed E-state index contributed by atoms with van der Waals surface area (Å²) in [5.41, 5.74) is 7.60. The van der Waals surface area contributed by atoms with Crippen LogP contribution in [0.2, 0.25) is 0 Å². The molecule has 1 aromatic carbocycles. The van der Waals surface area contributed by atoms with Crippen molar-refractivity contribution in [2.45, 2.75) is 19.9 Å². The highest BCUT2D eigenvalue weighted by Gasteiger charge is 2.33. The summed E-state index contributed by atoms with van der Waals surface area (Å²) in [6.45, 7) is 4.24. The van der Waals surface area contributed by atoms with Crippen molar-refractivity contribution in [3.05, 3.63) is 35.4 Å². The molecule has 2 atom stereocenters. The zero-order valence-corrected chi connectivity index (χ0v) is 11.0. The predicted octanol–water partition coefficient (Wildman–Crippen LogP) is 1.87. The van der Waals surface area contributed by atoms with E-state index in [0.717, 1.165) is 36.1 Å². The van der Waals surface area contributed by atoms with E-state index in [9.17, 15) is 0 Å². The summed E-state index contributed by atoms with van der Waals surface area (Å²) in [5.74, 6) is 1.89. The Balaban J connectivity index is 2.04. The quantitative estimate of drug-likeness (QED) is 0.361. The molecule has 18 heavy (non-hydrogen) atoms. The lowest BCUT2D eigenvalue weighted by molar-refractivity contribution is 0.306. The van der Waals surface area contributed by atoms with Crippen molar-refractivity contribution in [3.8, 4) is 0 Å². The Kier molecular flexibility index (Phi) is 3.87. The van der Waals surface area contributed by atoms with E-state index in [1.54, 1.807) is 0 Å². The van der Waals surface area contributed by atoms with Gasteiger partial charge in [0.15, 0.2) is 5.84 Å². The Morgan fingerprint density at radius 2 is 2.17 bits per heavy atom. The fourth-order valence-corrected chi connectivity index (χ4v) is 2.37. The zero-order valence-electron chi connectivity index (χ0n) is 11.0. The number of nitrogens with zero attached hydrogens (tertiary/aromatic N) is 2. The molecule has 1 aliphatic rings. The van der Waals surface area contributed by atoms with Gasteiger partial charge in [0.25, 0.3) is 0 Å². The second kappa shape index (κ2) is 5.40. The minimum Gasteiger partial charge on any atom is -0.409 e. The maximum atomic E-state index is 8.79. The average Bonchev–Trinajstić information content (AvgIpc) is 3.04. The van der Waals surface area contributed by atoms with Gasteiger partial charge in [0.05, 0.1) is 0 Å². The van der Waals surface area contributed by atoms with Crippen molar-refractivity contribution in [2.75, 3.05) is 13.6 Å². The lowest BCUT2D eigenvalue weighted by Gasteiger charge is -2.18. The molecule has 1 aliphatic carbocycles. The first-order chi connectivity index (χ1) is 8.61. The number of hydrogen-bond acceptors (Lipinski definition) is 3. The van der Waals surface area contributed by atoms with Crippen LogP contribution in [0.1, 0.15) is 24.5 Å². The van der Waals surface area contributed by atoms with E-state index in [1.807, 2.05) is 24.3 Å². The first-order valence-corrected chi connectivity index (χ1v) is 6.36. The van der Waals surface area contributed by atoms with Crippen molar-refractivity contribution in [2.24, 2.45) is 22.7 Å². The van der Waals surface area contributed by atoms with Crippen LogP contribution >= 0.6 is 0 Å². The molecule has 0 aliphatic heterocycles. The molecule has 2 unspecified atom stereocenters. The van der Waals surface area contributed by atoms with Crippen molar-refractivity contribution < 1.29 is 5.21 Å². The highest BCUT2D eigenvalue weighted by molar-refractivity contribution is 5.98. The Morgan fingerprint density at radius 1 is 1.50 bits per heavy atom. The summed E-state index contributed by atoms with van der Waals surface area (Å²) >= 11 is 0. The summed E-state index contributed by atoms with van der Waals surface area (Å²) in [6, 6.07) is 7.80. The number of nitrogens with two attached hydrogens (primary N) is 1. The highest BCUT2D eigenvalue weighted by Crippen LogP contribution is 2.38. The summed E-state index contributed by atoms with van der Waals surface area (Å²) in [6.07, 6.45) is 1.34. The smallest absolute Gasteiger partial charge is 0.170 e. The molecule has 0 aromatic heterocycles. The molecule has 4 nitrogen and oxygen atoms in total. The van der Waals surface area contributed by atoms with Gasteiger partial charge in [-0.3, -0.25) is 0 Å². The topological polar surface area (TPSA) is 61.8 Å². The zero-order chi connectivity index (χ0) is 13.1. The fraction of sp³-hybridized carbons (Fsp3) is 0.500. The molecule has 0 spiro atoms. The molecule has 1 aromatic rings. The van der Waals surface area contributed by atoms with Gasteiger partial charge in [-0.1, -0.05) is 36.3 Å². The third kappa shape index (κ3) is 3.01. The molecule has 0 amide bonds. The van der Waals surface area contributed by atoms with Gasteiger partial charge in [-0.25, -0.2) is 0 Å². The summed E-state index contributed by atoms with van der Waals surface area (Å²) < 4.78 is 0. The van der Waals surface area contributed by atoms with E-state index in [0.29, 0.717) is 0 Å². The van der Waals surface area contributed by atoms with Crippen LogP contribution < -0.4 is 5.73 Å². The Labute approximate surface area is 108 Å². The van der Waals surface area contributed by atoms with E-state index in [1.165, 1.54) is 6.42 Å². The van der Waals surface area contributed by atoms with Crippen LogP contribution in [0.25, 0.3) is 0 Å². The number of hydrogen-bond donors (Lipinski definition) is 2. The number of amidine groups is 1. The first-order valence-electron chi connectivity index (χ1n) is 6.36. The molecule has 0 bridgehead atoms. The summed E-state index contributed by atoms with van der Waals surface area (Å²) in [7, 11) is 2.12. The molecule has 2 rings (SSSR count). The van der Waals surface area contributed by atoms with Crippen LogP contribution in [0.5, 0.6) is 0 Å². The Hall–Kier alpha value is -1.55. The van der Waals surface area contributed by atoms with Crippen LogP contribution in [0.4, 0.5) is 0 Å². The summed E-state index contributed by atoms with van der Waals surface area (Å²) in [5, 5.41) is 11.9. The maximum Gasteiger partial charge on any atom is 0.170 e. The lowest BCUT2D eigenvalue weighted by atomic mass is 10.1. The van der Waals surface area contributed by atoms with Crippen LogP contribution in [-0.2, 0) is 6.54 Å².